The number of hydrogen-bond donors (Lipinski definition) is 1. The number of rotatable bonds is 6. The summed E-state index contributed by atoms with van der Waals surface area (Å²) in [5.74, 6) is -0.0257. The van der Waals surface area contributed by atoms with Gasteiger partial charge in [-0.3, -0.25) is 0 Å². The van der Waals surface area contributed by atoms with Crippen LogP contribution in [-0.4, -0.2) is 41.2 Å². The number of unbranched alkanes of at least 4 members (excludes halogenated alkanes) is 2. The molecule has 0 unspecified atom stereocenters. The van der Waals surface area contributed by atoms with Gasteiger partial charge in [0.05, 0.1) is 12.8 Å². The zero-order valence-electron chi connectivity index (χ0n) is 12.4. The van der Waals surface area contributed by atoms with E-state index in [0.29, 0.717) is 11.6 Å². The molecule has 0 bridgehead atoms. The van der Waals surface area contributed by atoms with E-state index in [-0.39, 0.29) is 5.97 Å². The normalized spacial score (nSPS) is 16.3. The van der Waals surface area contributed by atoms with Crippen molar-refractivity contribution in [2.75, 3.05) is 20.2 Å². The zero-order chi connectivity index (χ0) is 14.4. The van der Waals surface area contributed by atoms with Crippen molar-refractivity contribution in [2.45, 2.75) is 51.5 Å². The number of methoxy groups -OCH3 is 1. The van der Waals surface area contributed by atoms with Gasteiger partial charge in [0.25, 0.3) is 0 Å². The first-order valence-electron chi connectivity index (χ1n) is 7.50. The van der Waals surface area contributed by atoms with Crippen LogP contribution in [0, 0.1) is 0 Å². The largest absolute Gasteiger partial charge is 0.464 e. The van der Waals surface area contributed by atoms with Crippen LogP contribution >= 0.6 is 0 Å². The van der Waals surface area contributed by atoms with Crippen LogP contribution in [0.1, 0.15) is 61.1 Å². The molecule has 6 heteroatoms. The molecule has 1 aromatic rings. The first-order chi connectivity index (χ1) is 9.77. The Bertz CT molecular complexity index is 438. The Hall–Kier alpha value is -1.43. The Labute approximate surface area is 119 Å². The molecule has 1 aromatic heterocycles. The predicted molar refractivity (Wildman–Crippen MR) is 75.7 cm³/mol. The number of nitrogens with one attached hydrogen (secondary N) is 1. The SMILES string of the molecule is CCCCCn1nnc(C(=O)OC)c1C1CCNCC1. The summed E-state index contributed by atoms with van der Waals surface area (Å²) in [5.41, 5.74) is 1.37. The average Bonchev–Trinajstić information content (AvgIpc) is 2.91. The van der Waals surface area contributed by atoms with Gasteiger partial charge >= 0.3 is 5.97 Å². The number of piperidine rings is 1. The Morgan fingerprint density at radius 3 is 2.80 bits per heavy atom. The van der Waals surface area contributed by atoms with Crippen LogP contribution in [0.25, 0.3) is 0 Å². The Morgan fingerprint density at radius 2 is 2.15 bits per heavy atom. The molecule has 0 spiro atoms. The fourth-order valence-corrected chi connectivity index (χ4v) is 2.74. The molecular formula is C14H24N4O2. The summed E-state index contributed by atoms with van der Waals surface area (Å²) in [7, 11) is 1.39. The van der Waals surface area contributed by atoms with Crippen LogP contribution < -0.4 is 5.32 Å². The molecule has 0 aromatic carbocycles. The minimum atomic E-state index is -0.375. The molecule has 1 aliphatic rings. The third-order valence-electron chi connectivity index (χ3n) is 3.85. The fourth-order valence-electron chi connectivity index (χ4n) is 2.74. The topological polar surface area (TPSA) is 69.0 Å². The zero-order valence-corrected chi connectivity index (χ0v) is 12.4. The molecule has 1 fully saturated rings. The lowest BCUT2D eigenvalue weighted by Gasteiger charge is -2.23. The quantitative estimate of drug-likeness (QED) is 0.635. The summed E-state index contributed by atoms with van der Waals surface area (Å²) in [6.07, 6.45) is 5.44. The summed E-state index contributed by atoms with van der Waals surface area (Å²) in [5, 5.41) is 11.6. The van der Waals surface area contributed by atoms with Crippen molar-refractivity contribution < 1.29 is 9.53 Å². The highest BCUT2D eigenvalue weighted by molar-refractivity contribution is 5.88. The summed E-state index contributed by atoms with van der Waals surface area (Å²) in [6, 6.07) is 0. The number of carbonyl (C=O) groups is 1. The van der Waals surface area contributed by atoms with Gasteiger partial charge in [-0.1, -0.05) is 25.0 Å². The lowest BCUT2D eigenvalue weighted by Crippen LogP contribution is -2.29. The van der Waals surface area contributed by atoms with Crippen molar-refractivity contribution in [2.24, 2.45) is 0 Å². The first kappa shape index (κ1) is 15.0. The highest BCUT2D eigenvalue weighted by Crippen LogP contribution is 2.27. The van der Waals surface area contributed by atoms with E-state index in [0.717, 1.165) is 44.6 Å². The van der Waals surface area contributed by atoms with Gasteiger partial charge in [-0.15, -0.1) is 5.10 Å². The second-order valence-corrected chi connectivity index (χ2v) is 5.27. The van der Waals surface area contributed by atoms with Gasteiger partial charge in [0.1, 0.15) is 0 Å². The van der Waals surface area contributed by atoms with E-state index >= 15 is 0 Å². The monoisotopic (exact) mass is 280 g/mol. The van der Waals surface area contributed by atoms with Crippen LogP contribution in [0.2, 0.25) is 0 Å². The number of aryl methyl sites for hydroxylation is 1. The summed E-state index contributed by atoms with van der Waals surface area (Å²) >= 11 is 0. The van der Waals surface area contributed by atoms with E-state index in [1.165, 1.54) is 20.0 Å². The van der Waals surface area contributed by atoms with Gasteiger partial charge in [0.2, 0.25) is 0 Å². The molecular weight excluding hydrogens is 256 g/mol. The molecule has 112 valence electrons. The standard InChI is InChI=1S/C14H24N4O2/c1-3-4-5-10-18-13(11-6-8-15-9-7-11)12(16-17-18)14(19)20-2/h11,15H,3-10H2,1-2H3. The second-order valence-electron chi connectivity index (χ2n) is 5.27. The molecule has 2 rings (SSSR count). The maximum atomic E-state index is 11.9. The maximum absolute atomic E-state index is 11.9. The van der Waals surface area contributed by atoms with E-state index in [9.17, 15) is 4.79 Å². The van der Waals surface area contributed by atoms with Crippen molar-refractivity contribution >= 4 is 5.97 Å². The van der Waals surface area contributed by atoms with Crippen molar-refractivity contribution in [1.29, 1.82) is 0 Å². The Balaban J connectivity index is 2.21. The van der Waals surface area contributed by atoms with Crippen molar-refractivity contribution in [3.8, 4) is 0 Å². The fraction of sp³-hybridized carbons (Fsp3) is 0.786. The van der Waals surface area contributed by atoms with Crippen LogP contribution in [0.5, 0.6) is 0 Å². The predicted octanol–water partition coefficient (Wildman–Crippen LogP) is 1.72. The van der Waals surface area contributed by atoms with Crippen molar-refractivity contribution in [3.05, 3.63) is 11.4 Å². The third kappa shape index (κ3) is 3.36. The molecule has 0 amide bonds. The molecule has 20 heavy (non-hydrogen) atoms. The highest BCUT2D eigenvalue weighted by atomic mass is 16.5. The number of hydrogen-bond acceptors (Lipinski definition) is 5. The second kappa shape index (κ2) is 7.38. The number of nitrogens with zero attached hydrogens (tertiary/aromatic N) is 3. The third-order valence-corrected chi connectivity index (χ3v) is 3.85. The molecule has 0 radical (unpaired) electrons. The molecule has 1 aliphatic heterocycles. The maximum Gasteiger partial charge on any atom is 0.360 e. The van der Waals surface area contributed by atoms with E-state index < -0.39 is 0 Å². The smallest absolute Gasteiger partial charge is 0.360 e. The van der Waals surface area contributed by atoms with Crippen LogP contribution in [0.4, 0.5) is 0 Å². The van der Waals surface area contributed by atoms with Gasteiger partial charge in [0.15, 0.2) is 5.69 Å². The highest BCUT2D eigenvalue weighted by Gasteiger charge is 2.28. The van der Waals surface area contributed by atoms with Crippen LogP contribution in [0.3, 0.4) is 0 Å². The molecule has 1 saturated heterocycles. The van der Waals surface area contributed by atoms with Gasteiger partial charge < -0.3 is 10.1 Å². The molecule has 1 N–H and O–H groups in total. The number of carbonyl (C=O) groups excluding carboxylic acids is 1. The Morgan fingerprint density at radius 1 is 1.40 bits per heavy atom. The molecule has 0 atom stereocenters. The summed E-state index contributed by atoms with van der Waals surface area (Å²) in [4.78, 5) is 11.9. The lowest BCUT2D eigenvalue weighted by molar-refractivity contribution is 0.0591. The number of aromatic nitrogens is 3. The van der Waals surface area contributed by atoms with E-state index in [1.54, 1.807) is 0 Å². The van der Waals surface area contributed by atoms with Crippen LogP contribution in [-0.2, 0) is 11.3 Å². The first-order valence-corrected chi connectivity index (χ1v) is 7.50. The average molecular weight is 280 g/mol. The number of esters is 1. The molecule has 2 heterocycles. The summed E-state index contributed by atoms with van der Waals surface area (Å²) in [6.45, 7) is 4.96. The van der Waals surface area contributed by atoms with Crippen molar-refractivity contribution in [1.82, 2.24) is 20.3 Å². The molecule has 0 saturated carbocycles. The van der Waals surface area contributed by atoms with Gasteiger partial charge in [-0.05, 0) is 32.4 Å². The summed E-state index contributed by atoms with van der Waals surface area (Å²) < 4.78 is 6.75. The van der Waals surface area contributed by atoms with Gasteiger partial charge in [0, 0.05) is 12.5 Å². The molecule has 6 nitrogen and oxygen atoms in total. The van der Waals surface area contributed by atoms with E-state index in [2.05, 4.69) is 22.6 Å². The number of ether oxygens (including phenoxy) is 1. The van der Waals surface area contributed by atoms with Crippen LogP contribution in [0.15, 0.2) is 0 Å². The minimum absolute atomic E-state index is 0.349. The van der Waals surface area contributed by atoms with Gasteiger partial charge in [-0.25, -0.2) is 9.48 Å². The minimum Gasteiger partial charge on any atom is -0.464 e. The van der Waals surface area contributed by atoms with E-state index in [1.807, 2.05) is 4.68 Å². The van der Waals surface area contributed by atoms with E-state index in [4.69, 9.17) is 4.74 Å². The Kier molecular flexibility index (Phi) is 5.52. The van der Waals surface area contributed by atoms with Gasteiger partial charge in [-0.2, -0.15) is 0 Å². The molecule has 0 aliphatic carbocycles. The lowest BCUT2D eigenvalue weighted by atomic mass is 9.93. The van der Waals surface area contributed by atoms with Crippen molar-refractivity contribution in [3.63, 3.8) is 0 Å².